The molecule has 0 atom stereocenters. The van der Waals surface area contributed by atoms with Crippen molar-refractivity contribution in [2.75, 3.05) is 61.4 Å². The van der Waals surface area contributed by atoms with Crippen LogP contribution < -0.4 is 35.6 Å². The van der Waals surface area contributed by atoms with Crippen LogP contribution in [0.15, 0.2) is 61.2 Å². The number of aromatic nitrogens is 4. The van der Waals surface area contributed by atoms with E-state index in [0.717, 1.165) is 30.2 Å². The Morgan fingerprint density at radius 2 is 1.83 bits per heavy atom. The molecule has 0 unspecified atom stereocenters. The van der Waals surface area contributed by atoms with E-state index in [0.29, 0.717) is 52.8 Å². The van der Waals surface area contributed by atoms with Gasteiger partial charge in [0.15, 0.2) is 5.82 Å². The summed E-state index contributed by atoms with van der Waals surface area (Å²) in [5, 5.41) is 12.4. The highest BCUT2D eigenvalue weighted by atomic mass is 35.5. The highest BCUT2D eigenvalue weighted by Gasteiger charge is 2.20. The van der Waals surface area contributed by atoms with Crippen LogP contribution in [0, 0.1) is 0 Å². The Labute approximate surface area is 247 Å². The number of ether oxygens (including phenoxy) is 3. The summed E-state index contributed by atoms with van der Waals surface area (Å²) in [6.45, 7) is 2.96. The zero-order valence-electron chi connectivity index (χ0n) is 23.1. The monoisotopic (exact) mass is 591 g/mol. The lowest BCUT2D eigenvalue weighted by atomic mass is 10.2. The lowest BCUT2D eigenvalue weighted by molar-refractivity contribution is 0.122. The first-order valence-corrected chi connectivity index (χ1v) is 13.5. The van der Waals surface area contributed by atoms with E-state index in [1.54, 1.807) is 43.9 Å². The Hall–Kier alpha value is -4.88. The van der Waals surface area contributed by atoms with Gasteiger partial charge in [0.25, 0.3) is 0 Å². The summed E-state index contributed by atoms with van der Waals surface area (Å²) in [5.41, 5.74) is 3.45. The molecule has 4 aromatic rings. The van der Waals surface area contributed by atoms with Gasteiger partial charge in [-0.2, -0.15) is 4.98 Å². The Morgan fingerprint density at radius 3 is 2.60 bits per heavy atom. The largest absolute Gasteiger partial charge is 0.495 e. The molecule has 14 heteroatoms. The van der Waals surface area contributed by atoms with Crippen LogP contribution in [0.4, 0.5) is 39.3 Å². The second-order valence-electron chi connectivity index (χ2n) is 9.02. The van der Waals surface area contributed by atoms with Crippen molar-refractivity contribution in [2.24, 2.45) is 0 Å². The molecule has 2 amide bonds. The molecule has 3 heterocycles. The normalized spacial score (nSPS) is 12.8. The number of rotatable bonds is 10. The number of halogens is 1. The fourth-order valence-electron chi connectivity index (χ4n) is 4.30. The summed E-state index contributed by atoms with van der Waals surface area (Å²) in [7, 11) is 3.17. The average molecular weight is 592 g/mol. The van der Waals surface area contributed by atoms with Crippen molar-refractivity contribution >= 4 is 52.1 Å². The third kappa shape index (κ3) is 7.06. The zero-order chi connectivity index (χ0) is 29.3. The third-order valence-electron chi connectivity index (χ3n) is 6.30. The summed E-state index contributed by atoms with van der Waals surface area (Å²) in [6, 6.07) is 10.5. The van der Waals surface area contributed by atoms with Crippen molar-refractivity contribution in [1.82, 2.24) is 25.3 Å². The highest BCUT2D eigenvalue weighted by Crippen LogP contribution is 2.39. The van der Waals surface area contributed by atoms with Gasteiger partial charge in [-0.1, -0.05) is 17.7 Å². The van der Waals surface area contributed by atoms with E-state index in [4.69, 9.17) is 25.8 Å². The quantitative estimate of drug-likeness (QED) is 0.205. The van der Waals surface area contributed by atoms with E-state index < -0.39 is 6.03 Å². The lowest BCUT2D eigenvalue weighted by Gasteiger charge is -2.31. The molecule has 4 N–H and O–H groups in total. The number of hydrogen-bond donors (Lipinski definition) is 4. The van der Waals surface area contributed by atoms with Gasteiger partial charge in [0, 0.05) is 37.2 Å². The van der Waals surface area contributed by atoms with Gasteiger partial charge in [-0.25, -0.2) is 9.78 Å². The van der Waals surface area contributed by atoms with E-state index in [9.17, 15) is 4.79 Å². The number of hydrogen-bond acceptors (Lipinski definition) is 11. The van der Waals surface area contributed by atoms with Crippen molar-refractivity contribution in [3.05, 3.63) is 71.9 Å². The number of urea groups is 1. The number of nitrogens with zero attached hydrogens (tertiary/aromatic N) is 5. The maximum atomic E-state index is 12.4. The molecule has 218 valence electrons. The van der Waals surface area contributed by atoms with Crippen molar-refractivity contribution in [3.63, 3.8) is 0 Å². The van der Waals surface area contributed by atoms with Crippen LogP contribution in [0.1, 0.15) is 5.69 Å². The number of nitrogens with one attached hydrogen (secondary N) is 4. The highest BCUT2D eigenvalue weighted by molar-refractivity contribution is 6.33. The fraction of sp³-hybridized carbons (Fsp3) is 0.250. The fourth-order valence-corrected chi connectivity index (χ4v) is 4.44. The first-order chi connectivity index (χ1) is 20.5. The summed E-state index contributed by atoms with van der Waals surface area (Å²) in [4.78, 5) is 31.6. The van der Waals surface area contributed by atoms with Crippen LogP contribution >= 0.6 is 11.6 Å². The number of carbonyl (C=O) groups excluding carboxylic acids is 1. The number of carbonyl (C=O) groups is 1. The number of methoxy groups -OCH3 is 2. The van der Waals surface area contributed by atoms with E-state index >= 15 is 0 Å². The second kappa shape index (κ2) is 13.7. The van der Waals surface area contributed by atoms with Gasteiger partial charge in [0.05, 0.1) is 63.4 Å². The summed E-state index contributed by atoms with van der Waals surface area (Å²) in [5.74, 6) is 1.90. The molecule has 2 aromatic carbocycles. The van der Waals surface area contributed by atoms with E-state index in [-0.39, 0.29) is 6.54 Å². The summed E-state index contributed by atoms with van der Waals surface area (Å²) in [6.07, 6.45) is 6.23. The van der Waals surface area contributed by atoms with Crippen molar-refractivity contribution in [2.45, 2.75) is 6.54 Å². The first kappa shape index (κ1) is 28.6. The Bertz CT molecular complexity index is 1520. The predicted molar refractivity (Wildman–Crippen MR) is 161 cm³/mol. The Morgan fingerprint density at radius 1 is 1.00 bits per heavy atom. The number of benzene rings is 2. The van der Waals surface area contributed by atoms with Crippen LogP contribution in [0.5, 0.6) is 11.5 Å². The molecule has 1 fully saturated rings. The molecule has 0 bridgehead atoms. The minimum Gasteiger partial charge on any atom is -0.495 e. The van der Waals surface area contributed by atoms with Gasteiger partial charge in [-0.05, 0) is 24.3 Å². The van der Waals surface area contributed by atoms with E-state index in [2.05, 4.69) is 46.1 Å². The maximum Gasteiger partial charge on any atom is 0.319 e. The SMILES string of the molecule is COc1cc(NC(=O)NCc2cnccn2)ccc1Nc1ncc(Cl)c(Nc2cccc(OC)c2N2CCOCC2)n1. The molecule has 1 aliphatic rings. The number of amides is 2. The van der Waals surface area contributed by atoms with Crippen LogP contribution in [-0.4, -0.2) is 66.5 Å². The van der Waals surface area contributed by atoms with Crippen molar-refractivity contribution in [1.29, 1.82) is 0 Å². The molecule has 5 rings (SSSR count). The molecule has 1 aliphatic heterocycles. The summed E-state index contributed by atoms with van der Waals surface area (Å²) >= 11 is 6.50. The average Bonchev–Trinajstić information content (AvgIpc) is 3.03. The topological polar surface area (TPSA) is 148 Å². The lowest BCUT2D eigenvalue weighted by Crippen LogP contribution is -2.36. The molecule has 0 spiro atoms. The van der Waals surface area contributed by atoms with E-state index in [1.807, 2.05) is 18.2 Å². The molecule has 1 saturated heterocycles. The van der Waals surface area contributed by atoms with Crippen LogP contribution in [0.3, 0.4) is 0 Å². The molecule has 0 saturated carbocycles. The first-order valence-electron chi connectivity index (χ1n) is 13.1. The predicted octanol–water partition coefficient (Wildman–Crippen LogP) is 4.58. The third-order valence-corrected chi connectivity index (χ3v) is 6.57. The standard InChI is InChI=1S/C28H30ClN9O4/c1-40-23-5-3-4-22(25(23)38-10-12-42-13-11-38)35-26-20(29)17-32-27(37-26)36-21-7-6-18(14-24(21)41-2)34-28(39)33-16-19-15-30-8-9-31-19/h3-9,14-15,17H,10-13,16H2,1-2H3,(H2,33,34,39)(H2,32,35,36,37). The van der Waals surface area contributed by atoms with E-state index in [1.165, 1.54) is 13.3 Å². The molecule has 0 radical (unpaired) electrons. The Kier molecular flexibility index (Phi) is 9.31. The van der Waals surface area contributed by atoms with Gasteiger partial charge in [-0.3, -0.25) is 9.97 Å². The second-order valence-corrected chi connectivity index (χ2v) is 9.42. The number of morpholine rings is 1. The smallest absolute Gasteiger partial charge is 0.319 e. The van der Waals surface area contributed by atoms with Crippen molar-refractivity contribution < 1.29 is 19.0 Å². The van der Waals surface area contributed by atoms with Gasteiger partial charge >= 0.3 is 6.03 Å². The van der Waals surface area contributed by atoms with Crippen LogP contribution in [-0.2, 0) is 11.3 Å². The molecule has 13 nitrogen and oxygen atoms in total. The molecule has 42 heavy (non-hydrogen) atoms. The molecule has 2 aromatic heterocycles. The molecule has 0 aliphatic carbocycles. The van der Waals surface area contributed by atoms with Crippen molar-refractivity contribution in [3.8, 4) is 11.5 Å². The zero-order valence-corrected chi connectivity index (χ0v) is 23.8. The maximum absolute atomic E-state index is 12.4. The van der Waals surface area contributed by atoms with Gasteiger partial charge in [0.1, 0.15) is 22.2 Å². The Balaban J connectivity index is 1.30. The van der Waals surface area contributed by atoms with Gasteiger partial charge in [0.2, 0.25) is 5.95 Å². The number of anilines is 6. The molecular formula is C28H30ClN9O4. The summed E-state index contributed by atoms with van der Waals surface area (Å²) < 4.78 is 16.7. The minimum absolute atomic E-state index is 0.241. The minimum atomic E-state index is -0.394. The van der Waals surface area contributed by atoms with Gasteiger partial charge < -0.3 is 40.4 Å². The number of para-hydroxylation sites is 1. The molecular weight excluding hydrogens is 562 g/mol. The van der Waals surface area contributed by atoms with Gasteiger partial charge in [-0.15, -0.1) is 0 Å². The van der Waals surface area contributed by atoms with Crippen LogP contribution in [0.25, 0.3) is 0 Å². The van der Waals surface area contributed by atoms with Crippen LogP contribution in [0.2, 0.25) is 5.02 Å².